The Morgan fingerprint density at radius 2 is 2.36 bits per heavy atom. The first-order valence-electron chi connectivity index (χ1n) is 4.24. The molecule has 1 aliphatic rings. The number of nitrogens with zero attached hydrogens (tertiary/aromatic N) is 3. The van der Waals surface area contributed by atoms with Gasteiger partial charge in [-0.05, 0) is 7.05 Å². The Hall–Kier alpha value is -0.950. The predicted octanol–water partition coefficient (Wildman–Crippen LogP) is -0.702. The van der Waals surface area contributed by atoms with Crippen LogP contribution in [0.5, 0.6) is 0 Å². The highest BCUT2D eigenvalue weighted by Crippen LogP contribution is 2.17. The summed E-state index contributed by atoms with van der Waals surface area (Å²) < 4.78 is 26.3. The zero-order chi connectivity index (χ0) is 10.2. The monoisotopic (exact) mass is 217 g/mol. The van der Waals surface area contributed by atoms with Gasteiger partial charge in [-0.2, -0.15) is 0 Å². The van der Waals surface area contributed by atoms with Crippen LogP contribution in [0.3, 0.4) is 0 Å². The van der Waals surface area contributed by atoms with Crippen molar-refractivity contribution >= 4 is 9.84 Å². The van der Waals surface area contributed by atoms with Crippen LogP contribution >= 0.6 is 0 Å². The summed E-state index contributed by atoms with van der Waals surface area (Å²) in [6, 6.07) is 0.108. The number of aromatic nitrogens is 2. The Bertz CT molecular complexity index is 388. The minimum atomic E-state index is -2.76. The minimum Gasteiger partial charge on any atom is -0.295 e. The molecule has 7 heteroatoms. The van der Waals surface area contributed by atoms with Gasteiger partial charge in [0.2, 0.25) is 0 Å². The van der Waals surface area contributed by atoms with E-state index in [1.807, 2.05) is 11.9 Å². The van der Waals surface area contributed by atoms with Crippen molar-refractivity contribution < 1.29 is 13.0 Å². The Kier molecular flexibility index (Phi) is 2.28. The van der Waals surface area contributed by atoms with Gasteiger partial charge in [0.1, 0.15) is 5.69 Å². The molecule has 0 aliphatic carbocycles. The first kappa shape index (κ1) is 9.60. The lowest BCUT2D eigenvalue weighted by molar-refractivity contribution is 0.241. The topological polar surface area (TPSA) is 76.3 Å². The van der Waals surface area contributed by atoms with Gasteiger partial charge in [-0.3, -0.25) is 4.90 Å². The third kappa shape index (κ3) is 1.93. The summed E-state index contributed by atoms with van der Waals surface area (Å²) in [6.45, 7) is 0.573. The number of hydrogen-bond donors (Lipinski definition) is 0. The van der Waals surface area contributed by atoms with E-state index in [1.165, 1.54) is 6.20 Å². The van der Waals surface area contributed by atoms with Crippen LogP contribution in [0.1, 0.15) is 5.69 Å². The maximum absolute atomic E-state index is 10.9. The molecule has 0 N–H and O–H groups in total. The van der Waals surface area contributed by atoms with Crippen molar-refractivity contribution in [3.8, 4) is 0 Å². The van der Waals surface area contributed by atoms with Crippen molar-refractivity contribution in [2.24, 2.45) is 0 Å². The number of sulfone groups is 1. The van der Waals surface area contributed by atoms with E-state index >= 15 is 0 Å². The number of hydrogen-bond acceptors (Lipinski definition) is 6. The molecular weight excluding hydrogens is 206 g/mol. The summed E-state index contributed by atoms with van der Waals surface area (Å²) in [6.07, 6.45) is 1.53. The average Bonchev–Trinajstić information content (AvgIpc) is 2.52. The molecule has 1 aromatic heterocycles. The molecule has 0 spiro atoms. The normalized spacial score (nSPS) is 21.0. The van der Waals surface area contributed by atoms with Gasteiger partial charge < -0.3 is 0 Å². The summed E-state index contributed by atoms with van der Waals surface area (Å²) in [5.41, 5.74) is 0.719. The van der Waals surface area contributed by atoms with Crippen molar-refractivity contribution in [1.29, 1.82) is 0 Å². The standard InChI is InChI=1S/C7H11N3O3S/c1-10(3-6-2-8-13-9-6)7-4-14(11,12)5-7/h2,7H,3-5H2,1H3. The Labute approximate surface area is 81.8 Å². The third-order valence-electron chi connectivity index (χ3n) is 2.33. The predicted molar refractivity (Wildman–Crippen MR) is 48.2 cm³/mol. The van der Waals surface area contributed by atoms with Gasteiger partial charge in [0.25, 0.3) is 0 Å². The molecule has 0 amide bonds. The van der Waals surface area contributed by atoms with Gasteiger partial charge in [0.15, 0.2) is 9.84 Å². The molecule has 0 aromatic carbocycles. The highest BCUT2D eigenvalue weighted by Gasteiger charge is 2.36. The average molecular weight is 217 g/mol. The summed E-state index contributed by atoms with van der Waals surface area (Å²) in [7, 11) is -0.887. The first-order valence-corrected chi connectivity index (χ1v) is 6.06. The number of rotatable bonds is 3. The minimum absolute atomic E-state index is 0.108. The maximum Gasteiger partial charge on any atom is 0.153 e. The zero-order valence-corrected chi connectivity index (χ0v) is 8.57. The second-order valence-corrected chi connectivity index (χ2v) is 5.70. The van der Waals surface area contributed by atoms with Crippen LogP contribution in [-0.2, 0) is 16.4 Å². The summed E-state index contributed by atoms with van der Waals surface area (Å²) >= 11 is 0. The molecule has 78 valence electrons. The van der Waals surface area contributed by atoms with Crippen LogP contribution in [0, 0.1) is 0 Å². The van der Waals surface area contributed by atoms with Crippen molar-refractivity contribution in [3.63, 3.8) is 0 Å². The first-order chi connectivity index (χ1) is 6.57. The van der Waals surface area contributed by atoms with Crippen molar-refractivity contribution in [3.05, 3.63) is 11.9 Å². The lowest BCUT2D eigenvalue weighted by atomic mass is 10.3. The van der Waals surface area contributed by atoms with Crippen LogP contribution in [0.4, 0.5) is 0 Å². The molecule has 0 unspecified atom stereocenters. The van der Waals surface area contributed by atoms with Gasteiger partial charge in [0, 0.05) is 12.6 Å². The third-order valence-corrected chi connectivity index (χ3v) is 4.12. The molecule has 0 atom stereocenters. The highest BCUT2D eigenvalue weighted by molar-refractivity contribution is 7.92. The molecule has 0 saturated carbocycles. The van der Waals surface area contributed by atoms with E-state index < -0.39 is 9.84 Å². The van der Waals surface area contributed by atoms with E-state index in [4.69, 9.17) is 0 Å². The second-order valence-electron chi connectivity index (χ2n) is 3.54. The van der Waals surface area contributed by atoms with Crippen molar-refractivity contribution in [2.75, 3.05) is 18.6 Å². The maximum atomic E-state index is 10.9. The fourth-order valence-corrected chi connectivity index (χ4v) is 3.01. The lowest BCUT2D eigenvalue weighted by Gasteiger charge is -2.33. The zero-order valence-electron chi connectivity index (χ0n) is 7.75. The fraction of sp³-hybridized carbons (Fsp3) is 0.714. The summed E-state index contributed by atoms with van der Waals surface area (Å²) in [4.78, 5) is 1.95. The molecule has 14 heavy (non-hydrogen) atoms. The molecular formula is C7H11N3O3S. The van der Waals surface area contributed by atoms with Crippen LogP contribution in [-0.4, -0.2) is 48.2 Å². The Morgan fingerprint density at radius 3 is 2.86 bits per heavy atom. The van der Waals surface area contributed by atoms with Gasteiger partial charge in [-0.25, -0.2) is 13.0 Å². The Balaban J connectivity index is 1.89. The van der Waals surface area contributed by atoms with Gasteiger partial charge in [-0.15, -0.1) is 0 Å². The van der Waals surface area contributed by atoms with E-state index in [1.54, 1.807) is 0 Å². The van der Waals surface area contributed by atoms with Crippen LogP contribution in [0.2, 0.25) is 0 Å². The van der Waals surface area contributed by atoms with E-state index in [9.17, 15) is 8.42 Å². The van der Waals surface area contributed by atoms with Crippen LogP contribution in [0.25, 0.3) is 0 Å². The molecule has 1 saturated heterocycles. The summed E-state index contributed by atoms with van der Waals surface area (Å²) in [5.74, 6) is 0.490. The Morgan fingerprint density at radius 1 is 1.64 bits per heavy atom. The molecule has 0 radical (unpaired) electrons. The molecule has 1 aromatic rings. The smallest absolute Gasteiger partial charge is 0.153 e. The lowest BCUT2D eigenvalue weighted by Crippen LogP contribution is -2.51. The van der Waals surface area contributed by atoms with Crippen LogP contribution < -0.4 is 0 Å². The van der Waals surface area contributed by atoms with Crippen molar-refractivity contribution in [2.45, 2.75) is 12.6 Å². The van der Waals surface area contributed by atoms with Gasteiger partial charge in [-0.1, -0.05) is 10.3 Å². The molecule has 2 rings (SSSR count). The van der Waals surface area contributed by atoms with Gasteiger partial charge >= 0.3 is 0 Å². The van der Waals surface area contributed by atoms with E-state index in [0.717, 1.165) is 5.69 Å². The van der Waals surface area contributed by atoms with E-state index in [0.29, 0.717) is 6.54 Å². The molecule has 2 heterocycles. The second kappa shape index (κ2) is 3.32. The quantitative estimate of drug-likeness (QED) is 0.666. The fourth-order valence-electron chi connectivity index (χ4n) is 1.43. The van der Waals surface area contributed by atoms with E-state index in [2.05, 4.69) is 14.9 Å². The van der Waals surface area contributed by atoms with Gasteiger partial charge in [0.05, 0.1) is 17.7 Å². The largest absolute Gasteiger partial charge is 0.295 e. The molecule has 0 bridgehead atoms. The SMILES string of the molecule is CN(Cc1cnon1)C1CS(=O)(=O)C1. The van der Waals surface area contributed by atoms with Crippen molar-refractivity contribution in [1.82, 2.24) is 15.2 Å². The molecule has 1 aliphatic heterocycles. The highest BCUT2D eigenvalue weighted by atomic mass is 32.2. The molecule has 6 nitrogen and oxygen atoms in total. The summed E-state index contributed by atoms with van der Waals surface area (Å²) in [5, 5.41) is 7.13. The molecule has 1 fully saturated rings. The van der Waals surface area contributed by atoms with Crippen LogP contribution in [0.15, 0.2) is 10.8 Å². The van der Waals surface area contributed by atoms with E-state index in [-0.39, 0.29) is 17.5 Å².